The Morgan fingerprint density at radius 1 is 1.25 bits per heavy atom. The van der Waals surface area contributed by atoms with E-state index < -0.39 is 0 Å². The molecule has 0 aromatic carbocycles. The number of nitrogens with two attached hydrogens (primary N) is 2. The van der Waals surface area contributed by atoms with Crippen LogP contribution in [0.1, 0.15) is 5.82 Å². The quantitative estimate of drug-likeness (QED) is 0.572. The summed E-state index contributed by atoms with van der Waals surface area (Å²) in [6, 6.07) is 0. The molecule has 0 unspecified atom stereocenters. The van der Waals surface area contributed by atoms with Gasteiger partial charge in [-0.1, -0.05) is 0 Å². The highest BCUT2D eigenvalue weighted by Crippen LogP contribution is 2.03. The maximum atomic E-state index is 12.1. The Balaban J connectivity index is 1.88. The first-order valence-corrected chi connectivity index (χ1v) is 6.47. The summed E-state index contributed by atoms with van der Waals surface area (Å²) in [6.45, 7) is 3.89. The zero-order valence-corrected chi connectivity index (χ0v) is 11.5. The van der Waals surface area contributed by atoms with Crippen LogP contribution >= 0.6 is 0 Å². The molecule has 1 aromatic rings. The third kappa shape index (κ3) is 4.00. The molecule has 9 heteroatoms. The standard InChI is InChI=1S/C11H20N8O/c1-18(6-8-15-10(12)17-11(13)16-8)7-9(20)19-4-2-14-3-5-19/h14H,2-7H2,1H3,(H4,12,13,15,16,17). The first kappa shape index (κ1) is 14.4. The Bertz CT molecular complexity index is 453. The van der Waals surface area contributed by atoms with Crippen LogP contribution < -0.4 is 16.8 Å². The van der Waals surface area contributed by atoms with Crippen molar-refractivity contribution in [2.45, 2.75) is 6.54 Å². The molecular formula is C11H20N8O. The van der Waals surface area contributed by atoms with E-state index in [0.717, 1.165) is 26.2 Å². The molecule has 2 rings (SSSR count). The number of carbonyl (C=O) groups is 1. The van der Waals surface area contributed by atoms with Crippen molar-refractivity contribution < 1.29 is 4.79 Å². The van der Waals surface area contributed by atoms with Gasteiger partial charge in [-0.25, -0.2) is 0 Å². The number of nitrogens with one attached hydrogen (secondary N) is 1. The van der Waals surface area contributed by atoms with Crippen molar-refractivity contribution in [2.24, 2.45) is 0 Å². The highest BCUT2D eigenvalue weighted by molar-refractivity contribution is 5.78. The van der Waals surface area contributed by atoms with E-state index >= 15 is 0 Å². The Labute approximate surface area is 117 Å². The second-order valence-corrected chi connectivity index (χ2v) is 4.77. The molecule has 2 heterocycles. The van der Waals surface area contributed by atoms with Gasteiger partial charge >= 0.3 is 0 Å². The molecule has 1 fully saturated rings. The summed E-state index contributed by atoms with van der Waals surface area (Å²) >= 11 is 0. The Morgan fingerprint density at radius 2 is 1.85 bits per heavy atom. The second kappa shape index (κ2) is 6.44. The van der Waals surface area contributed by atoms with E-state index in [-0.39, 0.29) is 17.8 Å². The van der Waals surface area contributed by atoms with Crippen molar-refractivity contribution in [3.8, 4) is 0 Å². The molecule has 0 radical (unpaired) electrons. The summed E-state index contributed by atoms with van der Waals surface area (Å²) in [5.74, 6) is 0.748. The summed E-state index contributed by atoms with van der Waals surface area (Å²) < 4.78 is 0. The van der Waals surface area contributed by atoms with Gasteiger partial charge in [0.1, 0.15) is 5.82 Å². The Morgan fingerprint density at radius 3 is 2.45 bits per heavy atom. The second-order valence-electron chi connectivity index (χ2n) is 4.77. The largest absolute Gasteiger partial charge is 0.368 e. The predicted octanol–water partition coefficient (Wildman–Crippen LogP) is -2.10. The van der Waals surface area contributed by atoms with Gasteiger partial charge in [0.25, 0.3) is 0 Å². The van der Waals surface area contributed by atoms with Gasteiger partial charge in [-0.05, 0) is 7.05 Å². The number of nitrogens with zero attached hydrogens (tertiary/aromatic N) is 5. The fourth-order valence-corrected chi connectivity index (χ4v) is 2.07. The highest BCUT2D eigenvalue weighted by Gasteiger charge is 2.18. The number of nitrogen functional groups attached to an aromatic ring is 2. The summed E-state index contributed by atoms with van der Waals surface area (Å²) in [7, 11) is 1.83. The third-order valence-corrected chi connectivity index (χ3v) is 3.00. The monoisotopic (exact) mass is 280 g/mol. The summed E-state index contributed by atoms with van der Waals surface area (Å²) in [6.07, 6.45) is 0. The van der Waals surface area contributed by atoms with Gasteiger partial charge in [-0.2, -0.15) is 15.0 Å². The van der Waals surface area contributed by atoms with Gasteiger partial charge in [0.05, 0.1) is 13.1 Å². The summed E-state index contributed by atoms with van der Waals surface area (Å²) in [5.41, 5.74) is 11.0. The molecule has 1 saturated heterocycles. The van der Waals surface area contributed by atoms with E-state index in [1.807, 2.05) is 16.8 Å². The van der Waals surface area contributed by atoms with E-state index in [1.54, 1.807) is 0 Å². The molecule has 5 N–H and O–H groups in total. The molecule has 1 aliphatic rings. The van der Waals surface area contributed by atoms with Crippen LogP contribution in [0.3, 0.4) is 0 Å². The Kier molecular flexibility index (Phi) is 4.64. The van der Waals surface area contributed by atoms with Crippen molar-refractivity contribution in [1.29, 1.82) is 0 Å². The molecule has 0 saturated carbocycles. The zero-order chi connectivity index (χ0) is 14.5. The molecule has 1 aromatic heterocycles. The van der Waals surface area contributed by atoms with Crippen LogP contribution in [0.4, 0.5) is 11.9 Å². The fourth-order valence-electron chi connectivity index (χ4n) is 2.07. The number of hydrogen-bond donors (Lipinski definition) is 3. The number of piperazine rings is 1. The van der Waals surface area contributed by atoms with Crippen molar-refractivity contribution in [1.82, 2.24) is 30.1 Å². The van der Waals surface area contributed by atoms with Crippen LogP contribution in [0.25, 0.3) is 0 Å². The average Bonchev–Trinajstić information content (AvgIpc) is 2.38. The molecule has 110 valence electrons. The zero-order valence-electron chi connectivity index (χ0n) is 11.5. The minimum atomic E-state index is 0.0920. The van der Waals surface area contributed by atoms with Gasteiger partial charge in [0.15, 0.2) is 0 Å². The normalized spacial score (nSPS) is 15.6. The maximum Gasteiger partial charge on any atom is 0.236 e. The molecule has 0 bridgehead atoms. The fraction of sp³-hybridized carbons (Fsp3) is 0.636. The molecule has 9 nitrogen and oxygen atoms in total. The Hall–Kier alpha value is -2.00. The van der Waals surface area contributed by atoms with E-state index in [0.29, 0.717) is 18.9 Å². The van der Waals surface area contributed by atoms with Crippen LogP contribution in [0.5, 0.6) is 0 Å². The third-order valence-electron chi connectivity index (χ3n) is 3.00. The molecule has 1 aliphatic heterocycles. The molecular weight excluding hydrogens is 260 g/mol. The smallest absolute Gasteiger partial charge is 0.236 e. The van der Waals surface area contributed by atoms with Gasteiger partial charge in [-0.3, -0.25) is 9.69 Å². The lowest BCUT2D eigenvalue weighted by molar-refractivity contribution is -0.132. The number of rotatable bonds is 4. The van der Waals surface area contributed by atoms with E-state index in [9.17, 15) is 4.79 Å². The van der Waals surface area contributed by atoms with Gasteiger partial charge < -0.3 is 21.7 Å². The van der Waals surface area contributed by atoms with Crippen molar-refractivity contribution in [3.05, 3.63) is 5.82 Å². The summed E-state index contributed by atoms with van der Waals surface area (Å²) in [5, 5.41) is 3.21. The molecule has 0 aliphatic carbocycles. The highest BCUT2D eigenvalue weighted by atomic mass is 16.2. The van der Waals surface area contributed by atoms with Crippen LogP contribution in [0.15, 0.2) is 0 Å². The molecule has 20 heavy (non-hydrogen) atoms. The number of amides is 1. The predicted molar refractivity (Wildman–Crippen MR) is 74.4 cm³/mol. The average molecular weight is 280 g/mol. The van der Waals surface area contributed by atoms with Gasteiger partial charge in [-0.15, -0.1) is 0 Å². The number of anilines is 2. The SMILES string of the molecule is CN(CC(=O)N1CCNCC1)Cc1nc(N)nc(N)n1. The van der Waals surface area contributed by atoms with E-state index in [1.165, 1.54) is 0 Å². The van der Waals surface area contributed by atoms with Crippen molar-refractivity contribution in [3.63, 3.8) is 0 Å². The first-order chi connectivity index (χ1) is 9.54. The minimum Gasteiger partial charge on any atom is -0.368 e. The number of carbonyl (C=O) groups excluding carboxylic acids is 1. The maximum absolute atomic E-state index is 12.1. The first-order valence-electron chi connectivity index (χ1n) is 6.47. The number of hydrogen-bond acceptors (Lipinski definition) is 8. The topological polar surface area (TPSA) is 126 Å². The lowest BCUT2D eigenvalue weighted by Crippen LogP contribution is -2.49. The van der Waals surface area contributed by atoms with Crippen molar-refractivity contribution in [2.75, 3.05) is 51.2 Å². The van der Waals surface area contributed by atoms with Crippen LogP contribution in [0.2, 0.25) is 0 Å². The molecule has 0 atom stereocenters. The lowest BCUT2D eigenvalue weighted by atomic mass is 10.3. The van der Waals surface area contributed by atoms with Gasteiger partial charge in [0.2, 0.25) is 17.8 Å². The minimum absolute atomic E-state index is 0.0920. The van der Waals surface area contributed by atoms with Crippen LogP contribution in [0, 0.1) is 0 Å². The molecule has 1 amide bonds. The number of likely N-dealkylation sites (N-methyl/N-ethyl adjacent to an activating group) is 1. The van der Waals surface area contributed by atoms with Crippen molar-refractivity contribution >= 4 is 17.8 Å². The number of aromatic nitrogens is 3. The lowest BCUT2D eigenvalue weighted by Gasteiger charge is -2.29. The van der Waals surface area contributed by atoms with E-state index in [4.69, 9.17) is 11.5 Å². The van der Waals surface area contributed by atoms with E-state index in [2.05, 4.69) is 20.3 Å². The molecule has 0 spiro atoms. The summed E-state index contributed by atoms with van der Waals surface area (Å²) in [4.78, 5) is 27.5. The van der Waals surface area contributed by atoms with Crippen LogP contribution in [-0.4, -0.2) is 70.4 Å². The van der Waals surface area contributed by atoms with Crippen LogP contribution in [-0.2, 0) is 11.3 Å². The van der Waals surface area contributed by atoms with Gasteiger partial charge in [0, 0.05) is 26.2 Å².